The molecule has 14 aromatic rings. The first-order valence-electron chi connectivity index (χ1n) is 24.1. The highest BCUT2D eigenvalue weighted by Crippen LogP contribution is 2.44. The second-order valence-corrected chi connectivity index (χ2v) is 18.8. The number of hydrogen-bond donors (Lipinski definition) is 0. The smallest absolute Gasteiger partial charge is 0.218 e. The van der Waals surface area contributed by atoms with Crippen LogP contribution in [0.4, 0.5) is 0 Å². The molecule has 1 heterocycles. The molecule has 1 aromatic heterocycles. The van der Waals surface area contributed by atoms with Crippen molar-refractivity contribution in [3.05, 3.63) is 242 Å². The van der Waals surface area contributed by atoms with E-state index < -0.39 is 0 Å². The lowest BCUT2D eigenvalue weighted by Gasteiger charge is -2.14. The van der Waals surface area contributed by atoms with Crippen LogP contribution in [0.15, 0.2) is 237 Å². The van der Waals surface area contributed by atoms with Gasteiger partial charge in [0, 0.05) is 16.3 Å². The van der Waals surface area contributed by atoms with Crippen molar-refractivity contribution in [3.8, 4) is 55.6 Å². The molecule has 0 N–H and O–H groups in total. The molecule has 0 spiro atoms. The number of aryl methyl sites for hydroxylation is 1. The molecule has 0 aliphatic rings. The average Bonchev–Trinajstić information content (AvgIpc) is 3.75. The van der Waals surface area contributed by atoms with Gasteiger partial charge in [-0.2, -0.15) is 0 Å². The molecule has 0 unspecified atom stereocenters. The molecular formula is C68H43NO. The third-order valence-electron chi connectivity index (χ3n) is 15.0. The van der Waals surface area contributed by atoms with Gasteiger partial charge in [0.2, 0.25) is 6.41 Å². The van der Waals surface area contributed by atoms with Crippen LogP contribution in [0.1, 0.15) is 5.56 Å². The van der Waals surface area contributed by atoms with Gasteiger partial charge in [0.15, 0.2) is 0 Å². The lowest BCUT2D eigenvalue weighted by molar-refractivity contribution is 0.550. The third-order valence-corrected chi connectivity index (χ3v) is 15.0. The summed E-state index contributed by atoms with van der Waals surface area (Å²) in [6.07, 6.45) is 0.978. The van der Waals surface area contributed by atoms with Crippen LogP contribution >= 0.6 is 0 Å². The first-order valence-corrected chi connectivity index (χ1v) is 24.1. The molecule has 0 aliphatic heterocycles. The number of fused-ring (bicyclic) bond motifs is 15. The van der Waals surface area contributed by atoms with E-state index in [1.807, 2.05) is 4.57 Å². The average molecular weight is 890 g/mol. The minimum atomic E-state index is 0.884. The summed E-state index contributed by atoms with van der Waals surface area (Å²) in [4.78, 5) is 13.3. The lowest BCUT2D eigenvalue weighted by atomic mass is 9.90. The minimum absolute atomic E-state index is 0.884. The van der Waals surface area contributed by atoms with Gasteiger partial charge >= 0.3 is 0 Å². The number of carbonyl (C=O) groups excluding carboxylic acids is 1. The number of carbonyl (C=O) groups is 1. The van der Waals surface area contributed by atoms with Crippen LogP contribution in [0.2, 0.25) is 0 Å². The van der Waals surface area contributed by atoms with Gasteiger partial charge in [-0.25, -0.2) is 0 Å². The number of aromatic nitrogens is 1. The Bertz CT molecular complexity index is 4440. The van der Waals surface area contributed by atoms with Crippen molar-refractivity contribution in [1.82, 2.24) is 4.57 Å². The van der Waals surface area contributed by atoms with Crippen molar-refractivity contribution in [2.24, 2.45) is 0 Å². The molecule has 14 rings (SSSR count). The summed E-state index contributed by atoms with van der Waals surface area (Å²) in [5.74, 6) is 0. The van der Waals surface area contributed by atoms with Crippen molar-refractivity contribution < 1.29 is 4.79 Å². The van der Waals surface area contributed by atoms with Gasteiger partial charge in [-0.15, -0.1) is 0 Å². The molecule has 13 aromatic carbocycles. The summed E-state index contributed by atoms with van der Waals surface area (Å²) >= 11 is 0. The van der Waals surface area contributed by atoms with Crippen LogP contribution < -0.4 is 0 Å². The number of rotatable bonds is 6. The van der Waals surface area contributed by atoms with Crippen molar-refractivity contribution in [2.45, 2.75) is 6.92 Å². The van der Waals surface area contributed by atoms with Gasteiger partial charge in [-0.05, 0) is 176 Å². The second-order valence-electron chi connectivity index (χ2n) is 18.8. The van der Waals surface area contributed by atoms with E-state index in [2.05, 4.69) is 244 Å². The Kier molecular flexibility index (Phi) is 8.99. The lowest BCUT2D eigenvalue weighted by Crippen LogP contribution is -1.97. The molecule has 2 heteroatoms. The summed E-state index contributed by atoms with van der Waals surface area (Å²) in [6.45, 7) is 2.15. The van der Waals surface area contributed by atoms with Gasteiger partial charge < -0.3 is 0 Å². The summed E-state index contributed by atoms with van der Waals surface area (Å²) < 4.78 is 1.85. The van der Waals surface area contributed by atoms with Crippen LogP contribution in [0.3, 0.4) is 0 Å². The molecule has 70 heavy (non-hydrogen) atoms. The van der Waals surface area contributed by atoms with Crippen molar-refractivity contribution in [1.29, 1.82) is 0 Å². The van der Waals surface area contributed by atoms with E-state index in [0.717, 1.165) is 78.3 Å². The SMILES string of the molecule is Cc1ccccc1-c1cc(-c2cccc(-c3ccc4c5ccccc5c5ccccc5c4c3)c2)cc2c3cc(-c4cccc(-c5ccc6c7ccccc7c7ccccc7c6c5)c4)ccc3n(C=O)c12. The maximum Gasteiger partial charge on any atom is 0.218 e. The second kappa shape index (κ2) is 15.7. The van der Waals surface area contributed by atoms with Gasteiger partial charge in [0.25, 0.3) is 0 Å². The van der Waals surface area contributed by atoms with E-state index in [9.17, 15) is 4.79 Å². The predicted molar refractivity (Wildman–Crippen MR) is 299 cm³/mol. The Morgan fingerprint density at radius 1 is 0.271 bits per heavy atom. The zero-order valence-electron chi connectivity index (χ0n) is 38.4. The maximum atomic E-state index is 13.3. The van der Waals surface area contributed by atoms with Crippen LogP contribution in [-0.2, 0) is 4.79 Å². The molecule has 0 fully saturated rings. The fourth-order valence-electron chi connectivity index (χ4n) is 11.6. The van der Waals surface area contributed by atoms with Gasteiger partial charge in [0.05, 0.1) is 11.0 Å². The molecule has 0 saturated heterocycles. The first kappa shape index (κ1) is 40.0. The number of nitrogens with zero attached hydrogens (tertiary/aromatic N) is 1. The largest absolute Gasteiger partial charge is 0.282 e. The molecule has 326 valence electrons. The van der Waals surface area contributed by atoms with E-state index in [1.54, 1.807) is 0 Å². The van der Waals surface area contributed by atoms with Gasteiger partial charge in [0.1, 0.15) is 0 Å². The van der Waals surface area contributed by atoms with Gasteiger partial charge in [-0.3, -0.25) is 9.36 Å². The minimum Gasteiger partial charge on any atom is -0.282 e. The van der Waals surface area contributed by atoms with Crippen LogP contribution in [0.25, 0.3) is 142 Å². The summed E-state index contributed by atoms with van der Waals surface area (Å²) in [5, 5.41) is 17.3. The molecule has 2 nitrogen and oxygen atoms in total. The van der Waals surface area contributed by atoms with E-state index in [-0.39, 0.29) is 0 Å². The Hall–Kier alpha value is -9.11. The fourth-order valence-corrected chi connectivity index (χ4v) is 11.6. The maximum absolute atomic E-state index is 13.3. The normalized spacial score (nSPS) is 11.8. The molecule has 0 bridgehead atoms. The van der Waals surface area contributed by atoms with Crippen LogP contribution in [0, 0.1) is 6.92 Å². The monoisotopic (exact) mass is 889 g/mol. The molecule has 0 saturated carbocycles. The Morgan fingerprint density at radius 3 is 1.09 bits per heavy atom. The quantitative estimate of drug-likeness (QED) is 0.120. The highest BCUT2D eigenvalue weighted by Gasteiger charge is 2.20. The third kappa shape index (κ3) is 6.17. The highest BCUT2D eigenvalue weighted by molar-refractivity contribution is 6.27. The van der Waals surface area contributed by atoms with Crippen LogP contribution in [-0.4, -0.2) is 11.0 Å². The zero-order chi connectivity index (χ0) is 46.5. The summed E-state index contributed by atoms with van der Waals surface area (Å²) in [6, 6.07) is 86.2. The number of hydrogen-bond acceptors (Lipinski definition) is 1. The molecule has 0 amide bonds. The molecular weight excluding hydrogens is 847 g/mol. The van der Waals surface area contributed by atoms with E-state index in [1.165, 1.54) is 75.8 Å². The zero-order valence-corrected chi connectivity index (χ0v) is 38.4. The molecule has 0 radical (unpaired) electrons. The first-order chi connectivity index (χ1) is 34.6. The Labute approximate surface area is 404 Å². The van der Waals surface area contributed by atoms with Gasteiger partial charge in [-0.1, -0.05) is 188 Å². The van der Waals surface area contributed by atoms with Crippen molar-refractivity contribution in [2.75, 3.05) is 0 Å². The predicted octanol–water partition coefficient (Wildman–Crippen LogP) is 18.4. The highest BCUT2D eigenvalue weighted by atomic mass is 16.1. The standard InChI is InChI=1S/C68H43NO/c1-42-14-2-3-19-51(42)65-39-50(46-18-13-17-45(35-46)48-29-32-61-57-25-7-5-21-53(57)55-23-9-11-27-59(55)63(61)37-48)40-66-64-38-49(30-33-67(64)69(41-70)68(65)66)44-16-12-15-43(34-44)47-28-31-60-56-24-6-4-20-52(56)54-22-8-10-26-58(54)62(60)36-47/h2-41H,1H3. The summed E-state index contributed by atoms with van der Waals surface area (Å²) in [7, 11) is 0. The van der Waals surface area contributed by atoms with E-state index in [0.29, 0.717) is 0 Å². The number of benzene rings is 13. The Morgan fingerprint density at radius 2 is 0.629 bits per heavy atom. The summed E-state index contributed by atoms with van der Waals surface area (Å²) in [5.41, 5.74) is 14.2. The topological polar surface area (TPSA) is 22.0 Å². The fraction of sp³-hybridized carbons (Fsp3) is 0.0147. The van der Waals surface area contributed by atoms with Crippen LogP contribution in [0.5, 0.6) is 0 Å². The van der Waals surface area contributed by atoms with E-state index >= 15 is 0 Å². The van der Waals surface area contributed by atoms with E-state index in [4.69, 9.17) is 0 Å². The molecule has 0 aliphatic carbocycles. The Balaban J connectivity index is 0.924. The van der Waals surface area contributed by atoms with Crippen molar-refractivity contribution in [3.63, 3.8) is 0 Å². The molecule has 0 atom stereocenters. The van der Waals surface area contributed by atoms with Crippen molar-refractivity contribution >= 4 is 92.9 Å².